The summed E-state index contributed by atoms with van der Waals surface area (Å²) in [6.45, 7) is 5.69. The third-order valence-corrected chi connectivity index (χ3v) is 3.34. The van der Waals surface area contributed by atoms with E-state index in [1.165, 1.54) is 14.2 Å². The van der Waals surface area contributed by atoms with E-state index in [9.17, 15) is 9.90 Å². The fourth-order valence-corrected chi connectivity index (χ4v) is 2.00. The molecule has 0 atom stereocenters. The van der Waals surface area contributed by atoms with Crippen molar-refractivity contribution < 1.29 is 28.8 Å². The summed E-state index contributed by atoms with van der Waals surface area (Å²) < 4.78 is 20.2. The van der Waals surface area contributed by atoms with Crippen LogP contribution >= 0.6 is 0 Å². The fraction of sp³-hybridized carbons (Fsp3) is 0.562. The average molecular weight is 312 g/mol. The van der Waals surface area contributed by atoms with Crippen LogP contribution in [0, 0.1) is 13.8 Å². The van der Waals surface area contributed by atoms with Crippen molar-refractivity contribution in [3.63, 3.8) is 0 Å². The highest BCUT2D eigenvalue weighted by molar-refractivity contribution is 5.71. The lowest BCUT2D eigenvalue weighted by atomic mass is 10.0. The van der Waals surface area contributed by atoms with E-state index in [2.05, 4.69) is 0 Å². The number of rotatable bonds is 8. The Hall–Kier alpha value is -1.63. The molecule has 124 valence electrons. The van der Waals surface area contributed by atoms with Crippen molar-refractivity contribution >= 4 is 5.97 Å². The molecule has 1 aromatic carbocycles. The van der Waals surface area contributed by atoms with E-state index in [4.69, 9.17) is 18.9 Å². The second-order valence-electron chi connectivity index (χ2n) is 4.94. The van der Waals surface area contributed by atoms with Gasteiger partial charge in [0.15, 0.2) is 6.61 Å². The summed E-state index contributed by atoms with van der Waals surface area (Å²) in [4.78, 5) is 11.3. The molecule has 0 bridgehead atoms. The van der Waals surface area contributed by atoms with E-state index in [0.717, 1.165) is 16.7 Å². The number of aryl methyl sites for hydroxylation is 2. The number of hydrogen-bond acceptors (Lipinski definition) is 6. The summed E-state index contributed by atoms with van der Waals surface area (Å²) in [5, 5.41) is 10.1. The van der Waals surface area contributed by atoms with Gasteiger partial charge in [-0.1, -0.05) is 6.07 Å². The lowest BCUT2D eigenvalue weighted by molar-refractivity contribution is -0.338. The van der Waals surface area contributed by atoms with Crippen molar-refractivity contribution in [2.24, 2.45) is 0 Å². The van der Waals surface area contributed by atoms with Crippen LogP contribution in [0.2, 0.25) is 0 Å². The van der Waals surface area contributed by atoms with Crippen LogP contribution in [-0.2, 0) is 25.4 Å². The van der Waals surface area contributed by atoms with Crippen LogP contribution in [0.15, 0.2) is 12.1 Å². The van der Waals surface area contributed by atoms with E-state index in [0.29, 0.717) is 12.4 Å². The van der Waals surface area contributed by atoms with Gasteiger partial charge in [-0.25, -0.2) is 4.79 Å². The maximum Gasteiger partial charge on any atom is 0.344 e. The van der Waals surface area contributed by atoms with E-state index in [1.54, 1.807) is 6.92 Å². The first-order valence-electron chi connectivity index (χ1n) is 7.06. The van der Waals surface area contributed by atoms with Gasteiger partial charge in [0.05, 0.1) is 13.0 Å². The van der Waals surface area contributed by atoms with Gasteiger partial charge >= 0.3 is 5.97 Å². The first-order chi connectivity index (χ1) is 10.3. The molecule has 1 N–H and O–H groups in total. The van der Waals surface area contributed by atoms with Crippen molar-refractivity contribution in [2.45, 2.75) is 33.2 Å². The Labute approximate surface area is 130 Å². The maximum atomic E-state index is 11.3. The topological polar surface area (TPSA) is 74.2 Å². The van der Waals surface area contributed by atoms with Crippen molar-refractivity contribution in [3.05, 3.63) is 28.8 Å². The molecular weight excluding hydrogens is 288 g/mol. The molecule has 6 nitrogen and oxygen atoms in total. The molecule has 6 heteroatoms. The van der Waals surface area contributed by atoms with Crippen molar-refractivity contribution in [3.8, 4) is 5.75 Å². The highest BCUT2D eigenvalue weighted by atomic mass is 16.8. The molecule has 1 rings (SSSR count). The molecular formula is C16H24O6. The van der Waals surface area contributed by atoms with E-state index in [-0.39, 0.29) is 13.0 Å². The molecule has 22 heavy (non-hydrogen) atoms. The van der Waals surface area contributed by atoms with Crippen LogP contribution in [0.5, 0.6) is 5.75 Å². The predicted octanol–water partition coefficient (Wildman–Crippen LogP) is 1.73. The number of aliphatic hydroxyl groups is 1. The molecule has 0 spiro atoms. The molecule has 0 saturated heterocycles. The highest BCUT2D eigenvalue weighted by Crippen LogP contribution is 2.26. The van der Waals surface area contributed by atoms with Crippen LogP contribution in [-0.4, -0.2) is 44.5 Å². The molecule has 0 aromatic heterocycles. The Morgan fingerprint density at radius 1 is 1.18 bits per heavy atom. The smallest absolute Gasteiger partial charge is 0.344 e. The van der Waals surface area contributed by atoms with Crippen LogP contribution < -0.4 is 4.74 Å². The first-order valence-corrected chi connectivity index (χ1v) is 7.06. The van der Waals surface area contributed by atoms with Crippen molar-refractivity contribution in [1.29, 1.82) is 0 Å². The number of esters is 1. The highest BCUT2D eigenvalue weighted by Gasteiger charge is 2.27. The zero-order valence-electron chi connectivity index (χ0n) is 13.8. The number of ether oxygens (including phenoxy) is 4. The SMILES string of the molecule is CCOC(=O)COc1cc(C)c(CC(O)(OC)OC)cc1C. The van der Waals surface area contributed by atoms with E-state index in [1.807, 2.05) is 26.0 Å². The van der Waals surface area contributed by atoms with Crippen molar-refractivity contribution in [1.82, 2.24) is 0 Å². The van der Waals surface area contributed by atoms with Gasteiger partial charge < -0.3 is 24.1 Å². The molecule has 0 unspecified atom stereocenters. The Morgan fingerprint density at radius 2 is 1.82 bits per heavy atom. The minimum atomic E-state index is -1.66. The summed E-state index contributed by atoms with van der Waals surface area (Å²) in [6.07, 6.45) is 0.185. The first kappa shape index (κ1) is 18.4. The van der Waals surface area contributed by atoms with Crippen LogP contribution in [0.3, 0.4) is 0 Å². The zero-order valence-corrected chi connectivity index (χ0v) is 13.8. The largest absolute Gasteiger partial charge is 0.482 e. The molecule has 0 aliphatic heterocycles. The van der Waals surface area contributed by atoms with Gasteiger partial charge in [-0.15, -0.1) is 0 Å². The third-order valence-electron chi connectivity index (χ3n) is 3.34. The average Bonchev–Trinajstić information content (AvgIpc) is 2.49. The molecule has 0 fully saturated rings. The number of benzene rings is 1. The number of hydrogen-bond donors (Lipinski definition) is 1. The third kappa shape index (κ3) is 4.98. The van der Waals surface area contributed by atoms with E-state index >= 15 is 0 Å². The van der Waals surface area contributed by atoms with Gasteiger partial charge in [-0.05, 0) is 43.5 Å². The lowest BCUT2D eigenvalue weighted by Crippen LogP contribution is -2.36. The maximum absolute atomic E-state index is 11.3. The van der Waals surface area contributed by atoms with Crippen molar-refractivity contribution in [2.75, 3.05) is 27.4 Å². The standard InChI is InChI=1S/C16H24O6/c1-6-21-15(17)10-22-14-8-11(2)13(7-12(14)3)9-16(18,19-4)20-5/h7-8,18H,6,9-10H2,1-5H3. The number of carbonyl (C=O) groups excluding carboxylic acids is 1. The zero-order chi connectivity index (χ0) is 16.8. The number of methoxy groups -OCH3 is 2. The number of carbonyl (C=O) groups is 1. The molecule has 0 heterocycles. The summed E-state index contributed by atoms with van der Waals surface area (Å²) in [5.74, 6) is -1.46. The Kier molecular flexibility index (Phi) is 6.80. The quantitative estimate of drug-likeness (QED) is 0.582. The summed E-state index contributed by atoms with van der Waals surface area (Å²) >= 11 is 0. The normalized spacial score (nSPS) is 11.4. The summed E-state index contributed by atoms with van der Waals surface area (Å²) in [6, 6.07) is 3.69. The summed E-state index contributed by atoms with van der Waals surface area (Å²) in [7, 11) is 2.75. The molecule has 0 amide bonds. The Balaban J connectivity index is 2.86. The minimum absolute atomic E-state index is 0.131. The molecule has 0 saturated carbocycles. The lowest BCUT2D eigenvalue weighted by Gasteiger charge is -2.25. The Morgan fingerprint density at radius 3 is 2.36 bits per heavy atom. The van der Waals surface area contributed by atoms with Gasteiger partial charge in [0, 0.05) is 14.2 Å². The van der Waals surface area contributed by atoms with Gasteiger partial charge in [0.2, 0.25) is 0 Å². The van der Waals surface area contributed by atoms with Crippen LogP contribution in [0.1, 0.15) is 23.6 Å². The van der Waals surface area contributed by atoms with E-state index < -0.39 is 11.9 Å². The minimum Gasteiger partial charge on any atom is -0.482 e. The van der Waals surface area contributed by atoms with Crippen LogP contribution in [0.4, 0.5) is 0 Å². The van der Waals surface area contributed by atoms with Gasteiger partial charge in [0.25, 0.3) is 5.97 Å². The second kappa shape index (κ2) is 8.12. The monoisotopic (exact) mass is 312 g/mol. The van der Waals surface area contributed by atoms with Gasteiger partial charge in [-0.2, -0.15) is 0 Å². The second-order valence-corrected chi connectivity index (χ2v) is 4.94. The van der Waals surface area contributed by atoms with Gasteiger partial charge in [0.1, 0.15) is 5.75 Å². The Bertz CT molecular complexity index is 508. The molecule has 1 aromatic rings. The molecule has 0 radical (unpaired) electrons. The van der Waals surface area contributed by atoms with Gasteiger partial charge in [-0.3, -0.25) is 0 Å². The fourth-order valence-electron chi connectivity index (χ4n) is 2.00. The predicted molar refractivity (Wildman–Crippen MR) is 80.7 cm³/mol. The van der Waals surface area contributed by atoms with Crippen LogP contribution in [0.25, 0.3) is 0 Å². The molecule has 0 aliphatic rings. The summed E-state index contributed by atoms with van der Waals surface area (Å²) in [5.41, 5.74) is 2.61. The molecule has 0 aliphatic carbocycles.